The molecule has 18 heavy (non-hydrogen) atoms. The van der Waals surface area contributed by atoms with Crippen molar-refractivity contribution in [1.29, 1.82) is 0 Å². The zero-order valence-electron chi connectivity index (χ0n) is 10.8. The van der Waals surface area contributed by atoms with E-state index in [0.29, 0.717) is 10.8 Å². The molecule has 2 aliphatic rings. The monoisotopic (exact) mass is 265 g/mol. The fourth-order valence-corrected chi connectivity index (χ4v) is 4.37. The van der Waals surface area contributed by atoms with E-state index in [-0.39, 0.29) is 5.82 Å². The normalized spacial score (nSPS) is 30.7. The van der Waals surface area contributed by atoms with Gasteiger partial charge in [0.25, 0.3) is 0 Å². The molecular formula is C15H20FNS. The summed E-state index contributed by atoms with van der Waals surface area (Å²) in [5.74, 6) is 1.19. The number of aryl methyl sites for hydroxylation is 1. The number of hydrogen-bond donors (Lipinski definition) is 1. The van der Waals surface area contributed by atoms with Crippen LogP contribution in [-0.2, 0) is 6.42 Å². The van der Waals surface area contributed by atoms with Gasteiger partial charge >= 0.3 is 0 Å². The first-order valence-corrected chi connectivity index (χ1v) is 7.81. The summed E-state index contributed by atoms with van der Waals surface area (Å²) in [5.41, 5.74) is 2.50. The summed E-state index contributed by atoms with van der Waals surface area (Å²) >= 11 is 2.09. The quantitative estimate of drug-likeness (QED) is 0.894. The van der Waals surface area contributed by atoms with E-state index in [1.165, 1.54) is 29.7 Å². The summed E-state index contributed by atoms with van der Waals surface area (Å²) in [6, 6.07) is 5.67. The van der Waals surface area contributed by atoms with Gasteiger partial charge in [-0.05, 0) is 61.6 Å². The van der Waals surface area contributed by atoms with E-state index >= 15 is 0 Å². The molecule has 0 amide bonds. The second-order valence-electron chi connectivity index (χ2n) is 5.72. The maximum atomic E-state index is 13.2. The summed E-state index contributed by atoms with van der Waals surface area (Å²) < 4.78 is 13.6. The van der Waals surface area contributed by atoms with E-state index in [4.69, 9.17) is 0 Å². The van der Waals surface area contributed by atoms with Gasteiger partial charge in [-0.1, -0.05) is 6.07 Å². The molecule has 0 radical (unpaired) electrons. The third kappa shape index (κ3) is 2.43. The third-order valence-corrected chi connectivity index (χ3v) is 5.74. The van der Waals surface area contributed by atoms with Crippen LogP contribution in [0.1, 0.15) is 43.4 Å². The van der Waals surface area contributed by atoms with Gasteiger partial charge in [0.15, 0.2) is 0 Å². The number of nitrogens with one attached hydrogen (secondary N) is 1. The molecule has 1 aliphatic carbocycles. The molecular weight excluding hydrogens is 245 g/mol. The Kier molecular flexibility index (Phi) is 3.37. The fourth-order valence-electron chi connectivity index (χ4n) is 3.11. The number of rotatable bonds is 3. The highest BCUT2D eigenvalue weighted by Gasteiger charge is 2.31. The van der Waals surface area contributed by atoms with Gasteiger partial charge in [0.2, 0.25) is 0 Å². The van der Waals surface area contributed by atoms with Crippen LogP contribution < -0.4 is 5.32 Å². The molecule has 0 spiro atoms. The molecule has 3 heteroatoms. The highest BCUT2D eigenvalue weighted by Crippen LogP contribution is 2.38. The molecule has 0 bridgehead atoms. The van der Waals surface area contributed by atoms with Crippen LogP contribution in [0.4, 0.5) is 4.39 Å². The Hall–Kier alpha value is -0.540. The van der Waals surface area contributed by atoms with Crippen LogP contribution in [0, 0.1) is 5.82 Å². The Morgan fingerprint density at radius 3 is 3.17 bits per heavy atom. The van der Waals surface area contributed by atoms with E-state index in [0.717, 1.165) is 19.4 Å². The Bertz CT molecular complexity index is 440. The Labute approximate surface area is 113 Å². The van der Waals surface area contributed by atoms with Crippen molar-refractivity contribution in [3.8, 4) is 0 Å². The van der Waals surface area contributed by atoms with Crippen LogP contribution in [0.25, 0.3) is 0 Å². The molecule has 3 rings (SSSR count). The molecule has 1 saturated heterocycles. The Morgan fingerprint density at radius 2 is 2.39 bits per heavy atom. The molecule has 1 aromatic carbocycles. The van der Waals surface area contributed by atoms with Crippen molar-refractivity contribution < 1.29 is 4.39 Å². The maximum absolute atomic E-state index is 13.2. The van der Waals surface area contributed by atoms with Crippen LogP contribution in [0.5, 0.6) is 0 Å². The number of hydrogen-bond acceptors (Lipinski definition) is 2. The molecule has 1 aliphatic heterocycles. The highest BCUT2D eigenvalue weighted by atomic mass is 32.2. The molecule has 0 saturated carbocycles. The molecule has 1 aromatic rings. The lowest BCUT2D eigenvalue weighted by Crippen LogP contribution is -2.34. The lowest BCUT2D eigenvalue weighted by Gasteiger charge is -2.26. The van der Waals surface area contributed by atoms with Gasteiger partial charge in [-0.25, -0.2) is 4.39 Å². The van der Waals surface area contributed by atoms with E-state index in [9.17, 15) is 4.39 Å². The predicted octanol–water partition coefficient (Wildman–Crippen LogP) is 3.69. The van der Waals surface area contributed by atoms with Gasteiger partial charge in [0.05, 0.1) is 0 Å². The first-order valence-electron chi connectivity index (χ1n) is 6.82. The summed E-state index contributed by atoms with van der Waals surface area (Å²) in [6.07, 6.45) is 4.77. The molecule has 1 fully saturated rings. The highest BCUT2D eigenvalue weighted by molar-refractivity contribution is 8.00. The Balaban J connectivity index is 1.66. The Morgan fingerprint density at radius 1 is 1.50 bits per heavy atom. The second-order valence-corrected chi connectivity index (χ2v) is 7.40. The molecule has 0 aromatic heterocycles. The summed E-state index contributed by atoms with van der Waals surface area (Å²) in [6.45, 7) is 3.43. The van der Waals surface area contributed by atoms with E-state index in [2.05, 4.69) is 24.0 Å². The molecule has 1 nitrogen and oxygen atoms in total. The standard InChI is InChI=1S/C15H20FNS/c1-15(7-2-8-18-15)10-17-14-6-3-11-9-12(16)4-5-13(11)14/h4-5,9,14,17H,2-3,6-8,10H2,1H3. The van der Waals surface area contributed by atoms with Gasteiger partial charge in [-0.3, -0.25) is 0 Å². The van der Waals surface area contributed by atoms with Gasteiger partial charge in [0.1, 0.15) is 5.82 Å². The largest absolute Gasteiger partial charge is 0.309 e. The first-order chi connectivity index (χ1) is 8.66. The number of thioether (sulfide) groups is 1. The van der Waals surface area contributed by atoms with Crippen molar-refractivity contribution in [2.24, 2.45) is 0 Å². The van der Waals surface area contributed by atoms with Gasteiger partial charge in [-0.15, -0.1) is 0 Å². The average Bonchev–Trinajstić information content (AvgIpc) is 2.93. The third-order valence-electron chi connectivity index (χ3n) is 4.21. The van der Waals surface area contributed by atoms with Crippen LogP contribution in [0.2, 0.25) is 0 Å². The molecule has 1 heterocycles. The topological polar surface area (TPSA) is 12.0 Å². The van der Waals surface area contributed by atoms with Crippen molar-refractivity contribution in [1.82, 2.24) is 5.32 Å². The van der Waals surface area contributed by atoms with Crippen molar-refractivity contribution >= 4 is 11.8 Å². The second kappa shape index (κ2) is 4.86. The SMILES string of the molecule is CC1(CNC2CCc3cc(F)ccc32)CCCS1. The van der Waals surface area contributed by atoms with Gasteiger partial charge < -0.3 is 5.32 Å². The number of halogens is 1. The van der Waals surface area contributed by atoms with E-state index < -0.39 is 0 Å². The van der Waals surface area contributed by atoms with E-state index in [1.54, 1.807) is 12.1 Å². The van der Waals surface area contributed by atoms with Gasteiger partial charge in [-0.2, -0.15) is 11.8 Å². The van der Waals surface area contributed by atoms with Crippen molar-refractivity contribution in [3.63, 3.8) is 0 Å². The average molecular weight is 265 g/mol. The zero-order valence-corrected chi connectivity index (χ0v) is 11.7. The lowest BCUT2D eigenvalue weighted by atomic mass is 10.0. The van der Waals surface area contributed by atoms with Crippen LogP contribution in [0.3, 0.4) is 0 Å². The summed E-state index contributed by atoms with van der Waals surface area (Å²) in [7, 11) is 0. The first kappa shape index (κ1) is 12.5. The minimum atomic E-state index is -0.104. The molecule has 2 unspecified atom stereocenters. The minimum absolute atomic E-state index is 0.104. The molecule has 98 valence electrons. The van der Waals surface area contributed by atoms with Crippen LogP contribution in [0.15, 0.2) is 18.2 Å². The molecule has 2 atom stereocenters. The fraction of sp³-hybridized carbons (Fsp3) is 0.600. The van der Waals surface area contributed by atoms with Gasteiger partial charge in [0, 0.05) is 17.3 Å². The lowest BCUT2D eigenvalue weighted by molar-refractivity contribution is 0.468. The van der Waals surface area contributed by atoms with Crippen LogP contribution in [-0.4, -0.2) is 17.0 Å². The van der Waals surface area contributed by atoms with Crippen molar-refractivity contribution in [2.75, 3.05) is 12.3 Å². The maximum Gasteiger partial charge on any atom is 0.123 e. The minimum Gasteiger partial charge on any atom is -0.309 e. The predicted molar refractivity (Wildman–Crippen MR) is 75.6 cm³/mol. The summed E-state index contributed by atoms with van der Waals surface area (Å²) in [4.78, 5) is 0. The smallest absolute Gasteiger partial charge is 0.123 e. The zero-order chi connectivity index (χ0) is 12.6. The van der Waals surface area contributed by atoms with Crippen molar-refractivity contribution in [3.05, 3.63) is 35.1 Å². The van der Waals surface area contributed by atoms with Crippen molar-refractivity contribution in [2.45, 2.75) is 43.4 Å². The number of benzene rings is 1. The van der Waals surface area contributed by atoms with Crippen LogP contribution >= 0.6 is 11.8 Å². The number of fused-ring (bicyclic) bond motifs is 1. The molecule has 1 N–H and O–H groups in total. The summed E-state index contributed by atoms with van der Waals surface area (Å²) in [5, 5.41) is 3.70. The van der Waals surface area contributed by atoms with E-state index in [1.807, 2.05) is 6.07 Å².